The van der Waals surface area contributed by atoms with Crippen LogP contribution in [-0.2, 0) is 0 Å². The molecule has 3 heterocycles. The number of aromatic nitrogens is 4. The molecule has 2 aromatic carbocycles. The van der Waals surface area contributed by atoms with E-state index < -0.39 is 0 Å². The van der Waals surface area contributed by atoms with E-state index >= 15 is 0 Å². The summed E-state index contributed by atoms with van der Waals surface area (Å²) in [6.45, 7) is 4.05. The lowest BCUT2D eigenvalue weighted by molar-refractivity contribution is 0.889. The normalized spacial score (nSPS) is 11.3. The number of aryl methyl sites for hydroxylation is 2. The van der Waals surface area contributed by atoms with Gasteiger partial charge in [0.05, 0.1) is 15.8 Å². The SMILES string of the molecule is Cc1cc(C)n2nc(Nc3ccccc3)c(-c3nc4ccccc4s3)c2n1. The van der Waals surface area contributed by atoms with Gasteiger partial charge in [0.1, 0.15) is 5.01 Å². The highest BCUT2D eigenvalue weighted by Gasteiger charge is 2.21. The summed E-state index contributed by atoms with van der Waals surface area (Å²) in [4.78, 5) is 9.62. The highest BCUT2D eigenvalue weighted by atomic mass is 32.1. The molecule has 0 aliphatic heterocycles. The van der Waals surface area contributed by atoms with Crippen molar-refractivity contribution in [3.63, 3.8) is 0 Å². The Kier molecular flexibility index (Phi) is 3.65. The van der Waals surface area contributed by atoms with Gasteiger partial charge in [-0.05, 0) is 44.2 Å². The van der Waals surface area contributed by atoms with Gasteiger partial charge in [-0.15, -0.1) is 16.4 Å². The molecule has 0 amide bonds. The summed E-state index contributed by atoms with van der Waals surface area (Å²) in [6, 6.07) is 20.3. The number of hydrogen-bond donors (Lipinski definition) is 1. The number of para-hydroxylation sites is 2. The van der Waals surface area contributed by atoms with Crippen LogP contribution in [0.15, 0.2) is 60.7 Å². The van der Waals surface area contributed by atoms with Crippen LogP contribution in [0.2, 0.25) is 0 Å². The largest absolute Gasteiger partial charge is 0.338 e. The van der Waals surface area contributed by atoms with Crippen LogP contribution in [0.1, 0.15) is 11.4 Å². The zero-order chi connectivity index (χ0) is 18.4. The molecule has 27 heavy (non-hydrogen) atoms. The smallest absolute Gasteiger partial charge is 0.168 e. The van der Waals surface area contributed by atoms with Gasteiger partial charge in [-0.25, -0.2) is 14.5 Å². The van der Waals surface area contributed by atoms with Crippen molar-refractivity contribution in [1.29, 1.82) is 0 Å². The number of benzene rings is 2. The molecule has 0 saturated heterocycles. The van der Waals surface area contributed by atoms with Crippen molar-refractivity contribution < 1.29 is 0 Å². The van der Waals surface area contributed by atoms with Crippen molar-refractivity contribution >= 4 is 38.7 Å². The van der Waals surface area contributed by atoms with Crippen molar-refractivity contribution in [3.8, 4) is 10.6 Å². The predicted molar refractivity (Wildman–Crippen MR) is 111 cm³/mol. The molecule has 0 atom stereocenters. The van der Waals surface area contributed by atoms with E-state index in [2.05, 4.69) is 11.4 Å². The molecule has 0 spiro atoms. The molecule has 0 aliphatic carbocycles. The van der Waals surface area contributed by atoms with Gasteiger partial charge in [-0.1, -0.05) is 30.3 Å². The number of fused-ring (bicyclic) bond motifs is 2. The Labute approximate surface area is 160 Å². The average molecular weight is 371 g/mol. The molecule has 5 nitrogen and oxygen atoms in total. The second kappa shape index (κ2) is 6.17. The molecule has 132 valence electrons. The van der Waals surface area contributed by atoms with Crippen molar-refractivity contribution in [3.05, 3.63) is 72.1 Å². The first-order valence-corrected chi connectivity index (χ1v) is 9.56. The maximum Gasteiger partial charge on any atom is 0.168 e. The number of hydrogen-bond acceptors (Lipinski definition) is 5. The fourth-order valence-electron chi connectivity index (χ4n) is 3.24. The highest BCUT2D eigenvalue weighted by Crippen LogP contribution is 2.38. The quantitative estimate of drug-likeness (QED) is 0.463. The molecule has 0 bridgehead atoms. The number of thiazole rings is 1. The molecule has 0 saturated carbocycles. The van der Waals surface area contributed by atoms with Crippen LogP contribution in [0.5, 0.6) is 0 Å². The summed E-state index contributed by atoms with van der Waals surface area (Å²) in [5.41, 5.74) is 5.75. The topological polar surface area (TPSA) is 55.1 Å². The van der Waals surface area contributed by atoms with Gasteiger partial charge < -0.3 is 5.32 Å². The minimum atomic E-state index is 0.765. The van der Waals surface area contributed by atoms with E-state index in [9.17, 15) is 0 Å². The highest BCUT2D eigenvalue weighted by molar-refractivity contribution is 7.21. The monoisotopic (exact) mass is 371 g/mol. The van der Waals surface area contributed by atoms with Crippen molar-refractivity contribution in [2.45, 2.75) is 13.8 Å². The van der Waals surface area contributed by atoms with Crippen LogP contribution in [0.25, 0.3) is 26.4 Å². The van der Waals surface area contributed by atoms with E-state index in [-0.39, 0.29) is 0 Å². The van der Waals surface area contributed by atoms with Gasteiger partial charge in [-0.2, -0.15) is 0 Å². The molecule has 5 aromatic rings. The van der Waals surface area contributed by atoms with E-state index in [1.807, 2.05) is 73.0 Å². The number of rotatable bonds is 3. The summed E-state index contributed by atoms with van der Waals surface area (Å²) < 4.78 is 3.04. The summed E-state index contributed by atoms with van der Waals surface area (Å²) in [6.07, 6.45) is 0. The van der Waals surface area contributed by atoms with E-state index in [0.29, 0.717) is 0 Å². The third-order valence-corrected chi connectivity index (χ3v) is 5.49. The first-order chi connectivity index (χ1) is 13.2. The summed E-state index contributed by atoms with van der Waals surface area (Å²) in [5.74, 6) is 0.765. The van der Waals surface area contributed by atoms with Gasteiger partial charge in [0, 0.05) is 17.1 Å². The maximum atomic E-state index is 4.85. The Morgan fingerprint density at radius 3 is 2.52 bits per heavy atom. The third kappa shape index (κ3) is 2.74. The number of anilines is 2. The lowest BCUT2D eigenvalue weighted by atomic mass is 10.2. The Hall–Kier alpha value is -3.25. The zero-order valence-electron chi connectivity index (χ0n) is 15.0. The van der Waals surface area contributed by atoms with Gasteiger partial charge in [0.15, 0.2) is 11.5 Å². The average Bonchev–Trinajstić information content (AvgIpc) is 3.23. The minimum absolute atomic E-state index is 0.765. The van der Waals surface area contributed by atoms with Crippen molar-refractivity contribution in [2.24, 2.45) is 0 Å². The lowest BCUT2D eigenvalue weighted by Crippen LogP contribution is -1.97. The standard InChI is InChI=1S/C21H17N5S/c1-13-12-14(2)26-20(22-13)18(19(25-26)23-15-8-4-3-5-9-15)21-24-16-10-6-7-11-17(16)27-21/h3-12H,1-2H3,(H,23,25). The van der Waals surface area contributed by atoms with Crippen molar-refractivity contribution in [2.75, 3.05) is 5.32 Å². The summed E-state index contributed by atoms with van der Waals surface area (Å²) in [5, 5.41) is 9.17. The fourth-order valence-corrected chi connectivity index (χ4v) is 4.25. The van der Waals surface area contributed by atoms with E-state index in [0.717, 1.165) is 49.3 Å². The second-order valence-electron chi connectivity index (χ2n) is 6.48. The molecule has 0 fully saturated rings. The van der Waals surface area contributed by atoms with E-state index in [4.69, 9.17) is 15.1 Å². The zero-order valence-corrected chi connectivity index (χ0v) is 15.8. The summed E-state index contributed by atoms with van der Waals surface area (Å²) in [7, 11) is 0. The fraction of sp³-hybridized carbons (Fsp3) is 0.0952. The molecule has 0 radical (unpaired) electrons. The first kappa shape index (κ1) is 16.0. The predicted octanol–water partition coefficient (Wildman–Crippen LogP) is 5.37. The Morgan fingerprint density at radius 2 is 1.70 bits per heavy atom. The van der Waals surface area contributed by atoms with Gasteiger partial charge >= 0.3 is 0 Å². The van der Waals surface area contributed by atoms with Gasteiger partial charge in [0.2, 0.25) is 0 Å². The third-order valence-electron chi connectivity index (χ3n) is 4.44. The van der Waals surface area contributed by atoms with Crippen LogP contribution in [0.4, 0.5) is 11.5 Å². The Bertz CT molecular complexity index is 1240. The van der Waals surface area contributed by atoms with Crippen LogP contribution in [-0.4, -0.2) is 19.6 Å². The molecule has 1 N–H and O–H groups in total. The molecule has 3 aromatic heterocycles. The Balaban J connectivity index is 1.78. The van der Waals surface area contributed by atoms with E-state index in [1.54, 1.807) is 11.3 Å². The molecule has 5 rings (SSSR count). The molecule has 0 unspecified atom stereocenters. The number of nitrogens with one attached hydrogen (secondary N) is 1. The van der Waals surface area contributed by atoms with E-state index in [1.165, 1.54) is 0 Å². The van der Waals surface area contributed by atoms with Gasteiger partial charge in [0.25, 0.3) is 0 Å². The van der Waals surface area contributed by atoms with Crippen LogP contribution in [0.3, 0.4) is 0 Å². The lowest BCUT2D eigenvalue weighted by Gasteiger charge is -2.04. The van der Waals surface area contributed by atoms with Crippen LogP contribution >= 0.6 is 11.3 Å². The van der Waals surface area contributed by atoms with Crippen LogP contribution in [0, 0.1) is 13.8 Å². The minimum Gasteiger partial charge on any atom is -0.338 e. The molecular weight excluding hydrogens is 354 g/mol. The second-order valence-corrected chi connectivity index (χ2v) is 7.51. The molecular formula is C21H17N5S. The van der Waals surface area contributed by atoms with Gasteiger partial charge in [-0.3, -0.25) is 0 Å². The van der Waals surface area contributed by atoms with Crippen molar-refractivity contribution in [1.82, 2.24) is 19.6 Å². The summed E-state index contributed by atoms with van der Waals surface area (Å²) >= 11 is 1.66. The van der Waals surface area contributed by atoms with Crippen LogP contribution < -0.4 is 5.32 Å². The first-order valence-electron chi connectivity index (χ1n) is 8.74. The Morgan fingerprint density at radius 1 is 0.926 bits per heavy atom. The molecule has 0 aliphatic rings. The maximum absolute atomic E-state index is 4.85. The molecule has 6 heteroatoms. The number of nitrogens with zero attached hydrogens (tertiary/aromatic N) is 4.